The number of nitrogens with one attached hydrogen (secondary N) is 3. The summed E-state index contributed by atoms with van der Waals surface area (Å²) in [5.41, 5.74) is 2.74. The predicted molar refractivity (Wildman–Crippen MR) is 129 cm³/mol. The number of nitriles is 1. The standard InChI is InChI=1S/C25H30FN5O3/c1-14-7-10-18(12-20(14)33-6)29-22-17(13-27)11-19(26)23(31-22)30-21(16-8-9-16)15(2)28-24(32)34-25(3,4)5/h7,10-12,15H,8-9H2,1-6H3,(H,28,32)(H2,29,30,31)/t15-/m0/s1. The van der Waals surface area contributed by atoms with E-state index >= 15 is 0 Å². The summed E-state index contributed by atoms with van der Waals surface area (Å²) in [6, 6.07) is 8.11. The second-order valence-corrected chi connectivity index (χ2v) is 9.15. The predicted octanol–water partition coefficient (Wildman–Crippen LogP) is 5.53. The molecule has 0 bridgehead atoms. The number of rotatable bonds is 7. The van der Waals surface area contributed by atoms with Crippen molar-refractivity contribution in [2.24, 2.45) is 0 Å². The van der Waals surface area contributed by atoms with Crippen LogP contribution in [0.5, 0.6) is 5.75 Å². The summed E-state index contributed by atoms with van der Waals surface area (Å²) in [7, 11) is 1.57. The van der Waals surface area contributed by atoms with Gasteiger partial charge < -0.3 is 25.4 Å². The molecule has 1 heterocycles. The van der Waals surface area contributed by atoms with Crippen molar-refractivity contribution in [3.8, 4) is 11.8 Å². The van der Waals surface area contributed by atoms with E-state index in [9.17, 15) is 14.4 Å². The number of aryl methyl sites for hydroxylation is 1. The maximum absolute atomic E-state index is 14.9. The lowest BCUT2D eigenvalue weighted by atomic mass is 10.2. The fourth-order valence-electron chi connectivity index (χ4n) is 3.31. The first-order chi connectivity index (χ1) is 16.0. The van der Waals surface area contributed by atoms with Crippen molar-refractivity contribution in [1.82, 2.24) is 10.3 Å². The number of benzene rings is 1. The summed E-state index contributed by atoms with van der Waals surface area (Å²) >= 11 is 0. The van der Waals surface area contributed by atoms with Gasteiger partial charge in [0.05, 0.1) is 18.7 Å². The fraction of sp³-hybridized carbons (Fsp3) is 0.400. The number of hydrogen-bond acceptors (Lipinski definition) is 7. The van der Waals surface area contributed by atoms with Crippen LogP contribution in [-0.2, 0) is 4.74 Å². The van der Waals surface area contributed by atoms with Crippen molar-refractivity contribution in [3.05, 3.63) is 52.5 Å². The zero-order valence-electron chi connectivity index (χ0n) is 20.3. The average Bonchev–Trinajstić information content (AvgIpc) is 3.58. The SMILES string of the molecule is COc1cc(Nc2nc(NC(=C3CC3)[C@H](C)NC(=O)OC(C)(C)C)c(F)cc2C#N)ccc1C. The lowest BCUT2D eigenvalue weighted by Gasteiger charge is -2.24. The van der Waals surface area contributed by atoms with E-state index in [4.69, 9.17) is 9.47 Å². The number of pyridine rings is 1. The Morgan fingerprint density at radius 2 is 1.94 bits per heavy atom. The molecule has 1 aliphatic carbocycles. The molecule has 3 N–H and O–H groups in total. The van der Waals surface area contributed by atoms with Crippen LogP contribution >= 0.6 is 0 Å². The fourth-order valence-corrected chi connectivity index (χ4v) is 3.31. The number of hydrogen-bond donors (Lipinski definition) is 3. The molecular weight excluding hydrogens is 437 g/mol. The number of amides is 1. The lowest BCUT2D eigenvalue weighted by Crippen LogP contribution is -2.40. The van der Waals surface area contributed by atoms with E-state index in [1.165, 1.54) is 0 Å². The van der Waals surface area contributed by atoms with Crippen LogP contribution in [0.1, 0.15) is 51.7 Å². The zero-order chi connectivity index (χ0) is 25.0. The van der Waals surface area contributed by atoms with Crippen LogP contribution < -0.4 is 20.7 Å². The summed E-state index contributed by atoms with van der Waals surface area (Å²) in [6.45, 7) is 9.05. The van der Waals surface area contributed by atoms with Gasteiger partial charge in [-0.1, -0.05) is 6.07 Å². The summed E-state index contributed by atoms with van der Waals surface area (Å²) in [4.78, 5) is 16.6. The Morgan fingerprint density at radius 3 is 2.53 bits per heavy atom. The first kappa shape index (κ1) is 24.8. The number of allylic oxidation sites excluding steroid dienone is 1. The summed E-state index contributed by atoms with van der Waals surface area (Å²) in [5.74, 6) is 0.150. The van der Waals surface area contributed by atoms with E-state index < -0.39 is 23.6 Å². The molecule has 2 aromatic rings. The second kappa shape index (κ2) is 10.00. The summed E-state index contributed by atoms with van der Waals surface area (Å²) in [5, 5.41) is 18.4. The zero-order valence-corrected chi connectivity index (χ0v) is 20.3. The molecule has 1 aliphatic rings. The minimum atomic E-state index is -0.674. The highest BCUT2D eigenvalue weighted by atomic mass is 19.1. The number of ether oxygens (including phenoxy) is 2. The monoisotopic (exact) mass is 467 g/mol. The molecule has 0 spiro atoms. The molecule has 1 aromatic carbocycles. The van der Waals surface area contributed by atoms with Gasteiger partial charge in [0.25, 0.3) is 0 Å². The van der Waals surface area contributed by atoms with Crippen LogP contribution in [0, 0.1) is 24.1 Å². The molecular formula is C25H30FN5O3. The van der Waals surface area contributed by atoms with Crippen LogP contribution in [-0.4, -0.2) is 29.8 Å². The normalized spacial score (nSPS) is 13.4. The number of carbonyl (C=O) groups excluding carboxylic acids is 1. The van der Waals surface area contributed by atoms with Crippen LogP contribution in [0.4, 0.5) is 26.5 Å². The van der Waals surface area contributed by atoms with Crippen LogP contribution in [0.25, 0.3) is 0 Å². The van der Waals surface area contributed by atoms with Crippen molar-refractivity contribution in [2.45, 2.75) is 59.1 Å². The largest absolute Gasteiger partial charge is 0.496 e. The van der Waals surface area contributed by atoms with Crippen molar-refractivity contribution >= 4 is 23.4 Å². The van der Waals surface area contributed by atoms with E-state index in [1.54, 1.807) is 40.9 Å². The van der Waals surface area contributed by atoms with Gasteiger partial charge >= 0.3 is 6.09 Å². The second-order valence-electron chi connectivity index (χ2n) is 9.15. The van der Waals surface area contributed by atoms with Gasteiger partial charge in [0.2, 0.25) is 0 Å². The molecule has 1 amide bonds. The molecule has 34 heavy (non-hydrogen) atoms. The van der Waals surface area contributed by atoms with Gasteiger partial charge in [-0.15, -0.1) is 0 Å². The van der Waals surface area contributed by atoms with E-state index in [0.29, 0.717) is 17.1 Å². The molecule has 180 valence electrons. The van der Waals surface area contributed by atoms with Crippen molar-refractivity contribution < 1.29 is 18.7 Å². The Bertz CT molecular complexity index is 1160. The minimum Gasteiger partial charge on any atom is -0.496 e. The Hall–Kier alpha value is -3.80. The smallest absolute Gasteiger partial charge is 0.408 e. The van der Waals surface area contributed by atoms with E-state index in [2.05, 4.69) is 20.9 Å². The maximum atomic E-state index is 14.9. The number of methoxy groups -OCH3 is 1. The number of alkyl carbamates (subject to hydrolysis) is 1. The minimum absolute atomic E-state index is 0.0483. The quantitative estimate of drug-likeness (QED) is 0.491. The van der Waals surface area contributed by atoms with Gasteiger partial charge in [0.15, 0.2) is 17.5 Å². The van der Waals surface area contributed by atoms with Crippen molar-refractivity contribution in [1.29, 1.82) is 5.26 Å². The van der Waals surface area contributed by atoms with Crippen molar-refractivity contribution in [3.63, 3.8) is 0 Å². The van der Waals surface area contributed by atoms with Gasteiger partial charge in [0.1, 0.15) is 17.4 Å². The third kappa shape index (κ3) is 6.38. The highest BCUT2D eigenvalue weighted by molar-refractivity contribution is 5.70. The van der Waals surface area contributed by atoms with Gasteiger partial charge in [-0.05, 0) is 70.7 Å². The van der Waals surface area contributed by atoms with E-state index in [1.807, 2.05) is 25.1 Å². The number of anilines is 3. The van der Waals surface area contributed by atoms with Gasteiger partial charge in [0, 0.05) is 17.5 Å². The van der Waals surface area contributed by atoms with Crippen molar-refractivity contribution in [2.75, 3.05) is 17.7 Å². The van der Waals surface area contributed by atoms with Crippen LogP contribution in [0.15, 0.2) is 35.5 Å². The number of carbonyl (C=O) groups is 1. The average molecular weight is 468 g/mol. The lowest BCUT2D eigenvalue weighted by molar-refractivity contribution is 0.0516. The Kier molecular flexibility index (Phi) is 7.30. The van der Waals surface area contributed by atoms with Crippen LogP contribution in [0.3, 0.4) is 0 Å². The molecule has 0 radical (unpaired) electrons. The molecule has 1 saturated carbocycles. The molecule has 3 rings (SSSR count). The molecule has 9 heteroatoms. The Labute approximate surface area is 199 Å². The molecule has 0 aliphatic heterocycles. The number of halogens is 1. The Morgan fingerprint density at radius 1 is 1.24 bits per heavy atom. The third-order valence-electron chi connectivity index (χ3n) is 5.07. The van der Waals surface area contributed by atoms with Gasteiger partial charge in [-0.3, -0.25) is 0 Å². The highest BCUT2D eigenvalue weighted by Gasteiger charge is 2.26. The highest BCUT2D eigenvalue weighted by Crippen LogP contribution is 2.34. The van der Waals surface area contributed by atoms with Gasteiger partial charge in [-0.2, -0.15) is 5.26 Å². The molecule has 0 saturated heterocycles. The molecule has 1 atom stereocenters. The first-order valence-corrected chi connectivity index (χ1v) is 11.0. The maximum Gasteiger partial charge on any atom is 0.408 e. The topological polar surface area (TPSA) is 108 Å². The summed E-state index contributed by atoms with van der Waals surface area (Å²) in [6.07, 6.45) is 1.12. The Balaban J connectivity index is 1.86. The molecule has 0 unspecified atom stereocenters. The van der Waals surface area contributed by atoms with E-state index in [-0.39, 0.29) is 17.2 Å². The molecule has 1 fully saturated rings. The van der Waals surface area contributed by atoms with Crippen LogP contribution in [0.2, 0.25) is 0 Å². The van der Waals surface area contributed by atoms with Gasteiger partial charge in [-0.25, -0.2) is 14.2 Å². The third-order valence-corrected chi connectivity index (χ3v) is 5.07. The molecule has 8 nitrogen and oxygen atoms in total. The molecule has 1 aromatic heterocycles. The van der Waals surface area contributed by atoms with E-state index in [0.717, 1.165) is 30.0 Å². The summed E-state index contributed by atoms with van der Waals surface area (Å²) < 4.78 is 25.5. The number of nitrogens with zero attached hydrogens (tertiary/aromatic N) is 2. The first-order valence-electron chi connectivity index (χ1n) is 11.0. The number of aromatic nitrogens is 1.